The van der Waals surface area contributed by atoms with E-state index < -0.39 is 6.04 Å². The van der Waals surface area contributed by atoms with Crippen molar-refractivity contribution in [3.8, 4) is 6.07 Å². The van der Waals surface area contributed by atoms with Gasteiger partial charge in [0.25, 0.3) is 0 Å². The van der Waals surface area contributed by atoms with Crippen molar-refractivity contribution in [2.45, 2.75) is 26.8 Å². The van der Waals surface area contributed by atoms with Gasteiger partial charge in [0.15, 0.2) is 0 Å². The first-order valence-electron chi connectivity index (χ1n) is 5.70. The second-order valence-electron chi connectivity index (χ2n) is 4.55. The fourth-order valence-corrected chi connectivity index (χ4v) is 1.76. The molecule has 0 saturated heterocycles. The van der Waals surface area contributed by atoms with E-state index >= 15 is 0 Å². The van der Waals surface area contributed by atoms with E-state index in [0.29, 0.717) is 0 Å². The summed E-state index contributed by atoms with van der Waals surface area (Å²) in [6.45, 7) is 5.65. The van der Waals surface area contributed by atoms with Gasteiger partial charge in [-0.25, -0.2) is 0 Å². The van der Waals surface area contributed by atoms with Gasteiger partial charge in [0.05, 0.1) is 6.07 Å². The van der Waals surface area contributed by atoms with E-state index in [9.17, 15) is 10.1 Å². The molecule has 1 atom stereocenters. The van der Waals surface area contributed by atoms with Gasteiger partial charge in [0.2, 0.25) is 5.91 Å². The van der Waals surface area contributed by atoms with Crippen LogP contribution in [0.25, 0.3) is 0 Å². The second kappa shape index (κ2) is 5.49. The Balaban J connectivity index is 3.01. The van der Waals surface area contributed by atoms with Crippen LogP contribution in [-0.2, 0) is 4.79 Å². The lowest BCUT2D eigenvalue weighted by molar-refractivity contribution is -0.134. The standard InChI is InChI=1S/C14H18N2O/c1-10(2)14(17)16(4)13(9-15)12-7-5-6-11(3)8-12/h5-8,10,13H,1-4H3. The van der Waals surface area contributed by atoms with E-state index in [1.165, 1.54) is 4.90 Å². The molecule has 90 valence electrons. The molecule has 0 aliphatic heterocycles. The third-order valence-electron chi connectivity index (χ3n) is 2.71. The van der Waals surface area contributed by atoms with Crippen LogP contribution in [0.4, 0.5) is 0 Å². The lowest BCUT2D eigenvalue weighted by atomic mass is 10.0. The summed E-state index contributed by atoms with van der Waals surface area (Å²) in [7, 11) is 1.68. The minimum atomic E-state index is -0.509. The summed E-state index contributed by atoms with van der Waals surface area (Å²) in [4.78, 5) is 13.4. The molecule has 0 saturated carbocycles. The van der Waals surface area contributed by atoms with Gasteiger partial charge in [-0.2, -0.15) is 5.26 Å². The summed E-state index contributed by atoms with van der Waals surface area (Å²) < 4.78 is 0. The van der Waals surface area contributed by atoms with Crippen LogP contribution in [0.5, 0.6) is 0 Å². The summed E-state index contributed by atoms with van der Waals surface area (Å²) in [5, 5.41) is 9.23. The zero-order valence-electron chi connectivity index (χ0n) is 10.8. The first-order chi connectivity index (χ1) is 7.97. The Morgan fingerprint density at radius 2 is 2.06 bits per heavy atom. The SMILES string of the molecule is Cc1cccc(C(C#N)N(C)C(=O)C(C)C)c1. The van der Waals surface area contributed by atoms with Crippen molar-refractivity contribution in [2.75, 3.05) is 7.05 Å². The van der Waals surface area contributed by atoms with Crippen LogP contribution in [0, 0.1) is 24.2 Å². The molecule has 0 heterocycles. The van der Waals surface area contributed by atoms with Crippen molar-refractivity contribution < 1.29 is 4.79 Å². The summed E-state index contributed by atoms with van der Waals surface area (Å²) in [6, 6.07) is 9.38. The summed E-state index contributed by atoms with van der Waals surface area (Å²) in [5.41, 5.74) is 1.96. The van der Waals surface area contributed by atoms with E-state index in [1.807, 2.05) is 45.0 Å². The Bertz CT molecular complexity index is 446. The molecule has 1 rings (SSSR count). The fraction of sp³-hybridized carbons (Fsp3) is 0.429. The van der Waals surface area contributed by atoms with Gasteiger partial charge in [-0.05, 0) is 12.5 Å². The Morgan fingerprint density at radius 3 is 2.53 bits per heavy atom. The van der Waals surface area contributed by atoms with Crippen LogP contribution in [0.2, 0.25) is 0 Å². The van der Waals surface area contributed by atoms with Gasteiger partial charge in [-0.1, -0.05) is 43.7 Å². The van der Waals surface area contributed by atoms with Crippen LogP contribution in [0.3, 0.4) is 0 Å². The van der Waals surface area contributed by atoms with Crippen LogP contribution >= 0.6 is 0 Å². The largest absolute Gasteiger partial charge is 0.326 e. The molecule has 17 heavy (non-hydrogen) atoms. The van der Waals surface area contributed by atoms with E-state index in [4.69, 9.17) is 0 Å². The third kappa shape index (κ3) is 3.07. The number of hydrogen-bond acceptors (Lipinski definition) is 2. The molecule has 0 N–H and O–H groups in total. The molecule has 0 aromatic heterocycles. The average molecular weight is 230 g/mol. The predicted molar refractivity (Wildman–Crippen MR) is 67.1 cm³/mol. The van der Waals surface area contributed by atoms with Crippen LogP contribution in [0.1, 0.15) is 31.0 Å². The predicted octanol–water partition coefficient (Wildman–Crippen LogP) is 2.67. The smallest absolute Gasteiger partial charge is 0.226 e. The van der Waals surface area contributed by atoms with E-state index in [2.05, 4.69) is 6.07 Å². The summed E-state index contributed by atoms with van der Waals surface area (Å²) in [6.07, 6.45) is 0. The number of nitriles is 1. The maximum atomic E-state index is 11.9. The molecule has 0 radical (unpaired) electrons. The number of aryl methyl sites for hydroxylation is 1. The van der Waals surface area contributed by atoms with E-state index in [-0.39, 0.29) is 11.8 Å². The number of carbonyl (C=O) groups is 1. The quantitative estimate of drug-likeness (QED) is 0.801. The number of hydrogen-bond donors (Lipinski definition) is 0. The van der Waals surface area contributed by atoms with E-state index in [1.54, 1.807) is 7.05 Å². The Hall–Kier alpha value is -1.82. The van der Waals surface area contributed by atoms with Gasteiger partial charge in [-0.15, -0.1) is 0 Å². The summed E-state index contributed by atoms with van der Waals surface area (Å²) in [5.74, 6) is -0.112. The molecule has 1 aromatic carbocycles. The van der Waals surface area contributed by atoms with Crippen molar-refractivity contribution in [3.63, 3.8) is 0 Å². The normalized spacial score (nSPS) is 12.0. The molecule has 3 heteroatoms. The third-order valence-corrected chi connectivity index (χ3v) is 2.71. The fourth-order valence-electron chi connectivity index (χ4n) is 1.76. The second-order valence-corrected chi connectivity index (χ2v) is 4.55. The van der Waals surface area contributed by atoms with Crippen molar-refractivity contribution >= 4 is 5.91 Å². The van der Waals surface area contributed by atoms with E-state index in [0.717, 1.165) is 11.1 Å². The highest BCUT2D eigenvalue weighted by molar-refractivity contribution is 5.78. The van der Waals surface area contributed by atoms with Crippen molar-refractivity contribution in [1.82, 2.24) is 4.90 Å². The molecule has 1 aromatic rings. The molecular weight excluding hydrogens is 212 g/mol. The molecular formula is C14H18N2O. The average Bonchev–Trinajstić information content (AvgIpc) is 2.28. The van der Waals surface area contributed by atoms with Crippen molar-refractivity contribution in [2.24, 2.45) is 5.92 Å². The lowest BCUT2D eigenvalue weighted by Gasteiger charge is -2.25. The molecule has 0 fully saturated rings. The molecule has 3 nitrogen and oxygen atoms in total. The Kier molecular flexibility index (Phi) is 4.28. The van der Waals surface area contributed by atoms with Gasteiger partial charge in [0, 0.05) is 13.0 Å². The van der Waals surface area contributed by atoms with Gasteiger partial charge in [0.1, 0.15) is 6.04 Å². The van der Waals surface area contributed by atoms with Crippen molar-refractivity contribution in [1.29, 1.82) is 5.26 Å². The molecule has 0 aliphatic rings. The maximum Gasteiger partial charge on any atom is 0.226 e. The minimum absolute atomic E-state index is 0.0157. The number of nitrogens with zero attached hydrogens (tertiary/aromatic N) is 2. The van der Waals surface area contributed by atoms with Crippen LogP contribution < -0.4 is 0 Å². The highest BCUT2D eigenvalue weighted by Crippen LogP contribution is 2.21. The first kappa shape index (κ1) is 13.2. The van der Waals surface area contributed by atoms with Crippen LogP contribution in [0.15, 0.2) is 24.3 Å². The topological polar surface area (TPSA) is 44.1 Å². The van der Waals surface area contributed by atoms with Gasteiger partial charge < -0.3 is 4.90 Å². The Morgan fingerprint density at radius 1 is 1.41 bits per heavy atom. The molecule has 1 unspecified atom stereocenters. The van der Waals surface area contributed by atoms with Gasteiger partial charge in [-0.3, -0.25) is 4.79 Å². The van der Waals surface area contributed by atoms with Gasteiger partial charge >= 0.3 is 0 Å². The molecule has 0 aliphatic carbocycles. The number of carbonyl (C=O) groups excluding carboxylic acids is 1. The number of amides is 1. The molecule has 0 bridgehead atoms. The van der Waals surface area contributed by atoms with Crippen LogP contribution in [-0.4, -0.2) is 17.9 Å². The monoisotopic (exact) mass is 230 g/mol. The lowest BCUT2D eigenvalue weighted by Crippen LogP contribution is -2.33. The zero-order chi connectivity index (χ0) is 13.0. The molecule has 0 spiro atoms. The summed E-state index contributed by atoms with van der Waals surface area (Å²) >= 11 is 0. The minimum Gasteiger partial charge on any atom is -0.326 e. The highest BCUT2D eigenvalue weighted by Gasteiger charge is 2.23. The first-order valence-corrected chi connectivity index (χ1v) is 5.70. The Labute approximate surface area is 103 Å². The maximum absolute atomic E-state index is 11.9. The molecule has 1 amide bonds. The zero-order valence-corrected chi connectivity index (χ0v) is 10.8. The number of benzene rings is 1. The highest BCUT2D eigenvalue weighted by atomic mass is 16.2. The number of rotatable bonds is 3. The van der Waals surface area contributed by atoms with Crippen molar-refractivity contribution in [3.05, 3.63) is 35.4 Å².